The molecular weight excluding hydrogens is 344 g/mol. The van der Waals surface area contributed by atoms with E-state index in [2.05, 4.69) is 5.32 Å². The molecule has 0 radical (unpaired) electrons. The first-order valence-electron chi connectivity index (χ1n) is 6.32. The van der Waals surface area contributed by atoms with Crippen LogP contribution in [-0.4, -0.2) is 49.5 Å². The SMILES string of the molecule is COc1cccc(O)c1[C@@H](N1CCNCC1)C(F)(F)F.Cl.Cl. The topological polar surface area (TPSA) is 44.7 Å². The molecule has 1 saturated heterocycles. The number of nitrogens with zero attached hydrogens (tertiary/aromatic N) is 1. The van der Waals surface area contributed by atoms with E-state index in [1.165, 1.54) is 30.2 Å². The molecule has 1 aromatic carbocycles. The molecule has 128 valence electrons. The van der Waals surface area contributed by atoms with Gasteiger partial charge in [-0.1, -0.05) is 6.07 Å². The summed E-state index contributed by atoms with van der Waals surface area (Å²) in [6.07, 6.45) is -4.48. The van der Waals surface area contributed by atoms with Crippen molar-refractivity contribution in [3.8, 4) is 11.5 Å². The fourth-order valence-electron chi connectivity index (χ4n) is 2.48. The molecule has 0 unspecified atom stereocenters. The maximum absolute atomic E-state index is 13.5. The fraction of sp³-hybridized carbons (Fsp3) is 0.538. The third-order valence-electron chi connectivity index (χ3n) is 3.36. The van der Waals surface area contributed by atoms with Crippen LogP contribution in [0.15, 0.2) is 18.2 Å². The average Bonchev–Trinajstić information content (AvgIpc) is 2.40. The minimum absolute atomic E-state index is 0. The van der Waals surface area contributed by atoms with Crippen LogP contribution in [0.2, 0.25) is 0 Å². The molecule has 2 N–H and O–H groups in total. The van der Waals surface area contributed by atoms with Crippen molar-refractivity contribution in [1.82, 2.24) is 10.2 Å². The monoisotopic (exact) mass is 362 g/mol. The minimum atomic E-state index is -4.48. The number of aromatic hydroxyl groups is 1. The molecule has 2 rings (SSSR count). The summed E-state index contributed by atoms with van der Waals surface area (Å²) in [4.78, 5) is 1.31. The van der Waals surface area contributed by atoms with Gasteiger partial charge in [0.15, 0.2) is 0 Å². The zero-order chi connectivity index (χ0) is 14.8. The summed E-state index contributed by atoms with van der Waals surface area (Å²) < 4.78 is 45.4. The molecule has 22 heavy (non-hydrogen) atoms. The third-order valence-corrected chi connectivity index (χ3v) is 3.36. The van der Waals surface area contributed by atoms with Crippen molar-refractivity contribution in [2.75, 3.05) is 33.3 Å². The van der Waals surface area contributed by atoms with Gasteiger partial charge in [0, 0.05) is 26.2 Å². The highest BCUT2D eigenvalue weighted by Crippen LogP contribution is 2.45. The molecule has 1 heterocycles. The van der Waals surface area contributed by atoms with E-state index in [9.17, 15) is 18.3 Å². The maximum Gasteiger partial charge on any atom is 0.408 e. The Morgan fingerprint density at radius 2 is 1.82 bits per heavy atom. The van der Waals surface area contributed by atoms with Gasteiger partial charge < -0.3 is 15.2 Å². The smallest absolute Gasteiger partial charge is 0.408 e. The lowest BCUT2D eigenvalue weighted by molar-refractivity contribution is -0.188. The lowest BCUT2D eigenvalue weighted by Crippen LogP contribution is -2.49. The van der Waals surface area contributed by atoms with Crippen LogP contribution in [-0.2, 0) is 0 Å². The van der Waals surface area contributed by atoms with E-state index in [-0.39, 0.29) is 49.2 Å². The first kappa shape index (κ1) is 21.1. The molecular formula is C13H19Cl2F3N2O2. The Labute approximate surface area is 139 Å². The van der Waals surface area contributed by atoms with Crippen molar-refractivity contribution in [1.29, 1.82) is 0 Å². The maximum atomic E-state index is 13.5. The van der Waals surface area contributed by atoms with Crippen LogP contribution in [0.1, 0.15) is 11.6 Å². The summed E-state index contributed by atoms with van der Waals surface area (Å²) in [5.74, 6) is -0.351. The number of alkyl halides is 3. The van der Waals surface area contributed by atoms with E-state index >= 15 is 0 Å². The molecule has 0 aliphatic carbocycles. The first-order chi connectivity index (χ1) is 9.45. The van der Waals surface area contributed by atoms with Gasteiger partial charge in [0.05, 0.1) is 12.7 Å². The second-order valence-electron chi connectivity index (χ2n) is 4.62. The normalized spacial score (nSPS) is 17.1. The summed E-state index contributed by atoms with van der Waals surface area (Å²) in [5, 5.41) is 12.9. The highest BCUT2D eigenvalue weighted by Gasteiger charge is 2.47. The van der Waals surface area contributed by atoms with Crippen molar-refractivity contribution in [3.05, 3.63) is 23.8 Å². The summed E-state index contributed by atoms with van der Waals surface area (Å²) in [6, 6.07) is 2.28. The van der Waals surface area contributed by atoms with E-state index in [0.717, 1.165) is 0 Å². The van der Waals surface area contributed by atoms with Crippen molar-refractivity contribution < 1.29 is 23.0 Å². The second kappa shape index (κ2) is 8.67. The Morgan fingerprint density at radius 3 is 2.32 bits per heavy atom. The third kappa shape index (κ3) is 4.55. The van der Waals surface area contributed by atoms with Gasteiger partial charge >= 0.3 is 6.18 Å². The second-order valence-corrected chi connectivity index (χ2v) is 4.62. The Kier molecular flexibility index (Phi) is 8.32. The number of nitrogens with one attached hydrogen (secondary N) is 1. The van der Waals surface area contributed by atoms with Gasteiger partial charge in [-0.25, -0.2) is 0 Å². The van der Waals surface area contributed by atoms with Crippen LogP contribution >= 0.6 is 24.8 Å². The summed E-state index contributed by atoms with van der Waals surface area (Å²) in [6.45, 7) is 1.51. The zero-order valence-electron chi connectivity index (χ0n) is 11.9. The Bertz CT molecular complexity index is 469. The predicted octanol–water partition coefficient (Wildman–Crippen LogP) is 2.75. The highest BCUT2D eigenvalue weighted by atomic mass is 35.5. The number of phenols is 1. The first-order valence-corrected chi connectivity index (χ1v) is 6.32. The highest BCUT2D eigenvalue weighted by molar-refractivity contribution is 5.85. The lowest BCUT2D eigenvalue weighted by atomic mass is 10.0. The quantitative estimate of drug-likeness (QED) is 0.867. The molecule has 1 aromatic rings. The Morgan fingerprint density at radius 1 is 1.23 bits per heavy atom. The van der Waals surface area contributed by atoms with Crippen molar-refractivity contribution >= 4 is 24.8 Å². The summed E-state index contributed by atoms with van der Waals surface area (Å²) in [5.41, 5.74) is -0.218. The van der Waals surface area contributed by atoms with Crippen molar-refractivity contribution in [2.24, 2.45) is 0 Å². The van der Waals surface area contributed by atoms with E-state index in [4.69, 9.17) is 4.74 Å². The Hall–Kier alpha value is -0.890. The van der Waals surface area contributed by atoms with Crippen LogP contribution < -0.4 is 10.1 Å². The molecule has 1 aliphatic heterocycles. The number of hydrogen-bond donors (Lipinski definition) is 2. The molecule has 0 saturated carbocycles. The molecule has 0 amide bonds. The predicted molar refractivity (Wildman–Crippen MR) is 82.4 cm³/mol. The van der Waals surface area contributed by atoms with Gasteiger partial charge in [-0.2, -0.15) is 13.2 Å². The van der Waals surface area contributed by atoms with E-state index in [0.29, 0.717) is 13.1 Å². The van der Waals surface area contributed by atoms with E-state index < -0.39 is 18.0 Å². The number of phenolic OH excluding ortho intramolecular Hbond substituents is 1. The largest absolute Gasteiger partial charge is 0.507 e. The molecule has 1 atom stereocenters. The van der Waals surface area contributed by atoms with E-state index in [1.807, 2.05) is 0 Å². The molecule has 4 nitrogen and oxygen atoms in total. The molecule has 0 spiro atoms. The van der Waals surface area contributed by atoms with Gasteiger partial charge in [-0.05, 0) is 12.1 Å². The zero-order valence-corrected chi connectivity index (χ0v) is 13.5. The number of rotatable bonds is 3. The van der Waals surface area contributed by atoms with E-state index in [1.54, 1.807) is 0 Å². The number of methoxy groups -OCH3 is 1. The number of piperazine rings is 1. The van der Waals surface area contributed by atoms with Crippen molar-refractivity contribution in [3.63, 3.8) is 0 Å². The van der Waals surface area contributed by atoms with Gasteiger partial charge in [0.1, 0.15) is 17.5 Å². The number of benzene rings is 1. The number of ether oxygens (including phenoxy) is 1. The average molecular weight is 363 g/mol. The summed E-state index contributed by atoms with van der Waals surface area (Å²) in [7, 11) is 1.30. The van der Waals surface area contributed by atoms with Crippen molar-refractivity contribution in [2.45, 2.75) is 12.2 Å². The number of hydrogen-bond acceptors (Lipinski definition) is 4. The summed E-state index contributed by atoms with van der Waals surface area (Å²) >= 11 is 0. The minimum Gasteiger partial charge on any atom is -0.507 e. The van der Waals surface area contributed by atoms with Gasteiger partial charge in [-0.15, -0.1) is 24.8 Å². The molecule has 0 aromatic heterocycles. The van der Waals surface area contributed by atoms with Gasteiger partial charge in [-0.3, -0.25) is 4.90 Å². The van der Waals surface area contributed by atoms with Crippen LogP contribution in [0, 0.1) is 0 Å². The fourth-order valence-corrected chi connectivity index (χ4v) is 2.48. The van der Waals surface area contributed by atoms with Crippen LogP contribution in [0.3, 0.4) is 0 Å². The molecule has 9 heteroatoms. The Balaban J connectivity index is 0.00000220. The van der Waals surface area contributed by atoms with Gasteiger partial charge in [0.2, 0.25) is 0 Å². The van der Waals surface area contributed by atoms with Crippen LogP contribution in [0.5, 0.6) is 11.5 Å². The lowest BCUT2D eigenvalue weighted by Gasteiger charge is -2.36. The molecule has 0 bridgehead atoms. The van der Waals surface area contributed by atoms with Gasteiger partial charge in [0.25, 0.3) is 0 Å². The molecule has 1 aliphatic rings. The van der Waals surface area contributed by atoms with Crippen LogP contribution in [0.4, 0.5) is 13.2 Å². The standard InChI is InChI=1S/C13H17F3N2O2.2ClH/c1-20-10-4-2-3-9(19)11(10)12(13(14,15)16)18-7-5-17-6-8-18;;/h2-4,12,17,19H,5-8H2,1H3;2*1H/t12-;;/m1../s1. The number of halogens is 5. The molecule has 1 fully saturated rings. The van der Waals surface area contributed by atoms with Crippen LogP contribution in [0.25, 0.3) is 0 Å².